The highest BCUT2D eigenvalue weighted by Gasteiger charge is 2.35. The highest BCUT2D eigenvalue weighted by molar-refractivity contribution is 6.30. The summed E-state index contributed by atoms with van der Waals surface area (Å²) in [7, 11) is 0. The molecule has 0 bridgehead atoms. The monoisotopic (exact) mass is 412 g/mol. The molecule has 1 amide bonds. The fourth-order valence-corrected chi connectivity index (χ4v) is 3.73. The molecule has 0 spiro atoms. The van der Waals surface area contributed by atoms with E-state index < -0.39 is 0 Å². The molecule has 6 nitrogen and oxygen atoms in total. The number of benzene rings is 1. The number of rotatable bonds is 6. The van der Waals surface area contributed by atoms with E-state index in [2.05, 4.69) is 11.2 Å². The Morgan fingerprint density at radius 2 is 2.07 bits per heavy atom. The Morgan fingerprint density at radius 3 is 2.76 bits per heavy atom. The Hall–Kier alpha value is -2.86. The maximum Gasteiger partial charge on any atom is 0.306 e. The first-order chi connectivity index (χ1) is 14.1. The molecule has 1 aliphatic carbocycles. The Kier molecular flexibility index (Phi) is 5.81. The molecule has 0 saturated carbocycles. The molecule has 1 aliphatic heterocycles. The lowest BCUT2D eigenvalue weighted by Crippen LogP contribution is -2.31. The van der Waals surface area contributed by atoms with E-state index in [9.17, 15) is 9.59 Å². The molecule has 2 aromatic rings. The average molecular weight is 413 g/mol. The molecule has 4 rings (SSSR count). The van der Waals surface area contributed by atoms with Crippen molar-refractivity contribution in [3.8, 4) is 0 Å². The van der Waals surface area contributed by atoms with Crippen molar-refractivity contribution in [2.24, 2.45) is 11.0 Å². The first kappa shape index (κ1) is 19.5. The van der Waals surface area contributed by atoms with Gasteiger partial charge in [0.05, 0.1) is 18.4 Å². The Bertz CT molecular complexity index is 934. The van der Waals surface area contributed by atoms with E-state index in [4.69, 9.17) is 20.8 Å². The molecule has 0 saturated heterocycles. The molecule has 2 aliphatic rings. The third-order valence-electron chi connectivity index (χ3n) is 5.11. The number of ether oxygens (including phenoxy) is 1. The fourth-order valence-electron chi connectivity index (χ4n) is 3.61. The van der Waals surface area contributed by atoms with Crippen LogP contribution in [-0.4, -0.2) is 29.2 Å². The standard InChI is InChI=1S/C22H21ClN2O4/c23-17-9-7-16(8-10-17)18-13-19(20-6-3-11-28-20)25(24-18)21(26)14-29-22(27)12-15-4-1-2-5-15/h1,3-4,6-11,15,19H,2,5,12-14H2/t15-,19-/m1/s1. The van der Waals surface area contributed by atoms with Gasteiger partial charge >= 0.3 is 5.97 Å². The van der Waals surface area contributed by atoms with Crippen LogP contribution in [-0.2, 0) is 14.3 Å². The lowest BCUT2D eigenvalue weighted by molar-refractivity contribution is -0.153. The highest BCUT2D eigenvalue weighted by Crippen LogP contribution is 2.33. The summed E-state index contributed by atoms with van der Waals surface area (Å²) in [6.45, 7) is -0.343. The van der Waals surface area contributed by atoms with Crippen molar-refractivity contribution in [3.05, 3.63) is 71.2 Å². The van der Waals surface area contributed by atoms with Crippen molar-refractivity contribution < 1.29 is 18.7 Å². The second-order valence-corrected chi connectivity index (χ2v) is 7.59. The molecule has 1 aromatic carbocycles. The van der Waals surface area contributed by atoms with Gasteiger partial charge in [-0.05, 0) is 48.6 Å². The minimum absolute atomic E-state index is 0.204. The second-order valence-electron chi connectivity index (χ2n) is 7.16. The number of esters is 1. The highest BCUT2D eigenvalue weighted by atomic mass is 35.5. The topological polar surface area (TPSA) is 72.1 Å². The summed E-state index contributed by atoms with van der Waals surface area (Å²) in [5, 5.41) is 6.49. The number of hydrogen-bond donors (Lipinski definition) is 0. The third kappa shape index (κ3) is 4.59. The van der Waals surface area contributed by atoms with Crippen LogP contribution in [0, 0.1) is 5.92 Å². The van der Waals surface area contributed by atoms with Gasteiger partial charge in [0.1, 0.15) is 11.8 Å². The van der Waals surface area contributed by atoms with Crippen LogP contribution in [0.1, 0.15) is 43.0 Å². The third-order valence-corrected chi connectivity index (χ3v) is 5.36. The van der Waals surface area contributed by atoms with Crippen LogP contribution in [0.2, 0.25) is 5.02 Å². The number of hydrogen-bond acceptors (Lipinski definition) is 5. The van der Waals surface area contributed by atoms with Gasteiger partial charge in [-0.25, -0.2) is 5.01 Å². The zero-order valence-electron chi connectivity index (χ0n) is 15.8. The van der Waals surface area contributed by atoms with E-state index in [0.717, 1.165) is 24.1 Å². The average Bonchev–Trinajstić information content (AvgIpc) is 3.47. The van der Waals surface area contributed by atoms with Crippen LogP contribution >= 0.6 is 11.6 Å². The van der Waals surface area contributed by atoms with Crippen molar-refractivity contribution in [3.63, 3.8) is 0 Å². The van der Waals surface area contributed by atoms with Crippen LogP contribution in [0.15, 0.2) is 64.3 Å². The molecular formula is C22H21ClN2O4. The number of nitrogens with zero attached hydrogens (tertiary/aromatic N) is 2. The summed E-state index contributed by atoms with van der Waals surface area (Å²) in [4.78, 5) is 24.8. The van der Waals surface area contributed by atoms with Gasteiger partial charge in [0.2, 0.25) is 0 Å². The predicted octanol–water partition coefficient (Wildman–Crippen LogP) is 4.51. The van der Waals surface area contributed by atoms with Crippen molar-refractivity contribution in [1.29, 1.82) is 0 Å². The summed E-state index contributed by atoms with van der Waals surface area (Å²) in [6.07, 6.45) is 8.38. The second kappa shape index (κ2) is 8.66. The summed E-state index contributed by atoms with van der Waals surface area (Å²) in [6, 6.07) is 10.5. The van der Waals surface area contributed by atoms with Gasteiger partial charge in [0.15, 0.2) is 6.61 Å². The molecule has 29 heavy (non-hydrogen) atoms. The van der Waals surface area contributed by atoms with Crippen molar-refractivity contribution >= 4 is 29.2 Å². The largest absolute Gasteiger partial charge is 0.467 e. The number of allylic oxidation sites excluding steroid dienone is 2. The summed E-state index contributed by atoms with van der Waals surface area (Å²) < 4.78 is 10.7. The number of furan rings is 1. The SMILES string of the molecule is O=C(C[C@@H]1C=CCC1)OCC(=O)N1N=C(c2ccc(Cl)cc2)C[C@@H]1c1ccco1. The smallest absolute Gasteiger partial charge is 0.306 e. The summed E-state index contributed by atoms with van der Waals surface area (Å²) in [5.74, 6) is 0.0829. The minimum Gasteiger partial charge on any atom is -0.467 e. The molecule has 0 unspecified atom stereocenters. The number of amides is 1. The predicted molar refractivity (Wildman–Crippen MR) is 108 cm³/mol. The van der Waals surface area contributed by atoms with Crippen LogP contribution in [0.5, 0.6) is 0 Å². The molecular weight excluding hydrogens is 392 g/mol. The van der Waals surface area contributed by atoms with Gasteiger partial charge in [-0.2, -0.15) is 5.10 Å². The van der Waals surface area contributed by atoms with Gasteiger partial charge < -0.3 is 9.15 Å². The zero-order chi connectivity index (χ0) is 20.2. The minimum atomic E-state index is -0.384. The molecule has 1 aromatic heterocycles. The quantitative estimate of drug-likeness (QED) is 0.517. The van der Waals surface area contributed by atoms with E-state index >= 15 is 0 Å². The van der Waals surface area contributed by atoms with Gasteiger partial charge in [0, 0.05) is 11.4 Å². The van der Waals surface area contributed by atoms with Crippen LogP contribution < -0.4 is 0 Å². The van der Waals surface area contributed by atoms with Crippen LogP contribution in [0.4, 0.5) is 0 Å². The number of carbonyl (C=O) groups excluding carboxylic acids is 2. The molecule has 0 fully saturated rings. The van der Waals surface area contributed by atoms with Crippen molar-refractivity contribution in [2.45, 2.75) is 31.7 Å². The fraction of sp³-hybridized carbons (Fsp3) is 0.318. The number of hydrazone groups is 1. The van der Waals surface area contributed by atoms with Gasteiger partial charge in [-0.3, -0.25) is 9.59 Å². The lowest BCUT2D eigenvalue weighted by atomic mass is 10.0. The maximum atomic E-state index is 12.8. The van der Waals surface area contributed by atoms with E-state index in [1.807, 2.05) is 24.3 Å². The molecule has 150 valence electrons. The first-order valence-corrected chi connectivity index (χ1v) is 9.99. The molecule has 7 heteroatoms. The van der Waals surface area contributed by atoms with Crippen LogP contribution in [0.3, 0.4) is 0 Å². The van der Waals surface area contributed by atoms with Gasteiger partial charge in [-0.15, -0.1) is 0 Å². The first-order valence-electron chi connectivity index (χ1n) is 9.61. The Labute approximate surface area is 173 Å². The Balaban J connectivity index is 1.45. The van der Waals surface area contributed by atoms with E-state index in [1.54, 1.807) is 24.5 Å². The van der Waals surface area contributed by atoms with Crippen LogP contribution in [0.25, 0.3) is 0 Å². The van der Waals surface area contributed by atoms with Crippen molar-refractivity contribution in [2.75, 3.05) is 6.61 Å². The molecule has 2 atom stereocenters. The molecule has 2 heterocycles. The summed E-state index contributed by atoms with van der Waals surface area (Å²) >= 11 is 5.97. The van der Waals surface area contributed by atoms with Gasteiger partial charge in [0.25, 0.3) is 5.91 Å². The summed E-state index contributed by atoms with van der Waals surface area (Å²) in [5.41, 5.74) is 1.63. The van der Waals surface area contributed by atoms with E-state index in [0.29, 0.717) is 23.6 Å². The van der Waals surface area contributed by atoms with E-state index in [1.165, 1.54) is 5.01 Å². The zero-order valence-corrected chi connectivity index (χ0v) is 16.5. The normalized spacial score (nSPS) is 20.7. The number of carbonyl (C=O) groups is 2. The van der Waals surface area contributed by atoms with Crippen molar-refractivity contribution in [1.82, 2.24) is 5.01 Å². The maximum absolute atomic E-state index is 12.8. The van der Waals surface area contributed by atoms with Gasteiger partial charge in [-0.1, -0.05) is 35.9 Å². The Morgan fingerprint density at radius 1 is 1.24 bits per heavy atom. The molecule has 0 radical (unpaired) electrons. The molecule has 0 N–H and O–H groups in total. The number of halogens is 1. The van der Waals surface area contributed by atoms with E-state index in [-0.39, 0.29) is 30.4 Å². The lowest BCUT2D eigenvalue weighted by Gasteiger charge is -2.19.